The number of imide groups is 1. The zero-order valence-corrected chi connectivity index (χ0v) is 18.9. The minimum atomic E-state index is -0.477. The van der Waals surface area contributed by atoms with Crippen LogP contribution in [0.3, 0.4) is 0 Å². The number of unbranched alkanes of at least 4 members (excludes halogenated alkanes) is 1. The van der Waals surface area contributed by atoms with Crippen LogP contribution in [0.25, 0.3) is 5.57 Å². The Labute approximate surface area is 188 Å². The van der Waals surface area contributed by atoms with Gasteiger partial charge in [-0.05, 0) is 37.1 Å². The van der Waals surface area contributed by atoms with Crippen LogP contribution in [-0.4, -0.2) is 83.9 Å². The third-order valence-electron chi connectivity index (χ3n) is 5.96. The average molecular weight is 445 g/mol. The molecule has 2 heterocycles. The van der Waals surface area contributed by atoms with Gasteiger partial charge in [0.25, 0.3) is 17.5 Å². The summed E-state index contributed by atoms with van der Waals surface area (Å²) in [5.41, 5.74) is 1.22. The van der Waals surface area contributed by atoms with Gasteiger partial charge in [0, 0.05) is 58.1 Å². The summed E-state index contributed by atoms with van der Waals surface area (Å²) in [4.78, 5) is 42.8. The first-order chi connectivity index (χ1) is 15.5. The maximum atomic E-state index is 13.3. The monoisotopic (exact) mass is 444 g/mol. The number of hydrogen-bond acceptors (Lipinski definition) is 7. The first-order valence-corrected chi connectivity index (χ1v) is 11.4. The molecule has 2 amide bonds. The fourth-order valence-electron chi connectivity index (χ4n) is 4.03. The van der Waals surface area contributed by atoms with Gasteiger partial charge < -0.3 is 14.5 Å². The van der Waals surface area contributed by atoms with Crippen LogP contribution < -0.4 is 0 Å². The molecule has 0 saturated carbocycles. The van der Waals surface area contributed by atoms with E-state index in [1.165, 1.54) is 17.0 Å². The van der Waals surface area contributed by atoms with Gasteiger partial charge in [0.2, 0.25) is 0 Å². The van der Waals surface area contributed by atoms with E-state index in [4.69, 9.17) is 4.74 Å². The van der Waals surface area contributed by atoms with E-state index in [2.05, 4.69) is 18.7 Å². The summed E-state index contributed by atoms with van der Waals surface area (Å²) >= 11 is 0. The second-order valence-corrected chi connectivity index (χ2v) is 8.03. The summed E-state index contributed by atoms with van der Waals surface area (Å²) in [7, 11) is 0. The van der Waals surface area contributed by atoms with E-state index in [1.54, 1.807) is 12.1 Å². The fraction of sp³-hybridized carbons (Fsp3) is 0.565. The van der Waals surface area contributed by atoms with Crippen molar-refractivity contribution in [1.82, 2.24) is 14.7 Å². The lowest BCUT2D eigenvalue weighted by molar-refractivity contribution is -0.384. The molecule has 0 aromatic heterocycles. The van der Waals surface area contributed by atoms with Crippen LogP contribution in [-0.2, 0) is 14.3 Å². The van der Waals surface area contributed by atoms with Crippen LogP contribution in [0.1, 0.15) is 38.7 Å². The number of hydrogen-bond donors (Lipinski definition) is 0. The largest absolute Gasteiger partial charge is 0.381 e. The highest BCUT2D eigenvalue weighted by molar-refractivity contribution is 6.35. The zero-order valence-electron chi connectivity index (χ0n) is 18.9. The Morgan fingerprint density at radius 3 is 2.22 bits per heavy atom. The predicted octanol–water partition coefficient (Wildman–Crippen LogP) is 2.52. The molecular formula is C23H32N4O5. The fourth-order valence-corrected chi connectivity index (χ4v) is 4.03. The molecule has 0 spiro atoms. The van der Waals surface area contributed by atoms with Gasteiger partial charge in [-0.2, -0.15) is 0 Å². The lowest BCUT2D eigenvalue weighted by atomic mass is 10.0. The van der Waals surface area contributed by atoms with Crippen molar-refractivity contribution in [3.8, 4) is 0 Å². The Morgan fingerprint density at radius 1 is 0.969 bits per heavy atom. The third kappa shape index (κ3) is 5.34. The molecule has 0 atom stereocenters. The second kappa shape index (κ2) is 11.2. The Bertz CT molecular complexity index is 860. The molecule has 32 heavy (non-hydrogen) atoms. The average Bonchev–Trinajstić information content (AvgIpc) is 3.06. The van der Waals surface area contributed by atoms with E-state index in [0.717, 1.165) is 32.5 Å². The van der Waals surface area contributed by atoms with Crippen molar-refractivity contribution in [3.05, 3.63) is 45.6 Å². The molecule has 3 rings (SSSR count). The van der Waals surface area contributed by atoms with Gasteiger partial charge >= 0.3 is 0 Å². The Kier molecular flexibility index (Phi) is 8.35. The summed E-state index contributed by atoms with van der Waals surface area (Å²) in [6.45, 7) is 9.56. The molecule has 1 fully saturated rings. The Balaban J connectivity index is 1.81. The first kappa shape index (κ1) is 23.9. The van der Waals surface area contributed by atoms with Gasteiger partial charge in [-0.25, -0.2) is 0 Å². The number of likely N-dealkylation sites (N-methyl/N-ethyl adjacent to an activating group) is 1. The van der Waals surface area contributed by atoms with Crippen molar-refractivity contribution in [2.45, 2.75) is 33.1 Å². The van der Waals surface area contributed by atoms with Crippen molar-refractivity contribution in [2.24, 2.45) is 0 Å². The molecule has 1 aromatic rings. The van der Waals surface area contributed by atoms with E-state index in [1.807, 2.05) is 4.90 Å². The molecule has 9 heteroatoms. The smallest absolute Gasteiger partial charge is 0.277 e. The summed E-state index contributed by atoms with van der Waals surface area (Å²) in [5, 5.41) is 11.0. The lowest BCUT2D eigenvalue weighted by Crippen LogP contribution is -2.47. The van der Waals surface area contributed by atoms with Gasteiger partial charge in [0.05, 0.1) is 10.5 Å². The minimum Gasteiger partial charge on any atom is -0.381 e. The predicted molar refractivity (Wildman–Crippen MR) is 121 cm³/mol. The molecule has 1 saturated heterocycles. The van der Waals surface area contributed by atoms with E-state index in [9.17, 15) is 19.7 Å². The Hall–Kier alpha value is -2.78. The van der Waals surface area contributed by atoms with Gasteiger partial charge in [0.1, 0.15) is 5.70 Å². The van der Waals surface area contributed by atoms with Crippen molar-refractivity contribution in [2.75, 3.05) is 52.5 Å². The number of rotatable bonds is 11. The molecule has 1 aromatic carbocycles. The van der Waals surface area contributed by atoms with Crippen LogP contribution >= 0.6 is 0 Å². The van der Waals surface area contributed by atoms with E-state index in [-0.39, 0.29) is 17.5 Å². The zero-order chi connectivity index (χ0) is 23.1. The highest BCUT2D eigenvalue weighted by atomic mass is 16.6. The van der Waals surface area contributed by atoms with Gasteiger partial charge in [0.15, 0.2) is 0 Å². The number of nitro groups is 1. The van der Waals surface area contributed by atoms with E-state index < -0.39 is 4.92 Å². The molecule has 2 aliphatic heterocycles. The molecule has 0 N–H and O–H groups in total. The molecule has 0 unspecified atom stereocenters. The van der Waals surface area contributed by atoms with E-state index >= 15 is 0 Å². The first-order valence-electron chi connectivity index (χ1n) is 11.4. The second-order valence-electron chi connectivity index (χ2n) is 8.03. The van der Waals surface area contributed by atoms with Gasteiger partial charge in [-0.15, -0.1) is 0 Å². The van der Waals surface area contributed by atoms with Crippen LogP contribution in [0.15, 0.2) is 30.0 Å². The molecule has 0 radical (unpaired) electrons. The van der Waals surface area contributed by atoms with Crippen molar-refractivity contribution < 1.29 is 19.2 Å². The van der Waals surface area contributed by atoms with Crippen LogP contribution in [0.2, 0.25) is 0 Å². The maximum Gasteiger partial charge on any atom is 0.277 e. The van der Waals surface area contributed by atoms with Crippen molar-refractivity contribution >= 4 is 23.1 Å². The molecule has 9 nitrogen and oxygen atoms in total. The SMILES string of the molecule is CCCCOCCCN1C(=O)C(c2ccc([N+](=O)[O-])cc2)=C(N2CCN(CC)CC2)C1=O. The van der Waals surface area contributed by atoms with Crippen LogP contribution in [0.5, 0.6) is 0 Å². The van der Waals surface area contributed by atoms with Gasteiger partial charge in [-0.3, -0.25) is 24.6 Å². The molecule has 0 aliphatic carbocycles. The number of carbonyl (C=O) groups is 2. The van der Waals surface area contributed by atoms with Crippen LogP contribution in [0, 0.1) is 10.1 Å². The highest BCUT2D eigenvalue weighted by Gasteiger charge is 2.41. The third-order valence-corrected chi connectivity index (χ3v) is 5.96. The number of piperazine rings is 1. The quantitative estimate of drug-likeness (QED) is 0.224. The number of carbonyl (C=O) groups excluding carboxylic acids is 2. The highest BCUT2D eigenvalue weighted by Crippen LogP contribution is 2.33. The minimum absolute atomic E-state index is 0.0506. The number of nitro benzene ring substituents is 1. The van der Waals surface area contributed by atoms with Crippen LogP contribution in [0.4, 0.5) is 5.69 Å². The van der Waals surface area contributed by atoms with Crippen molar-refractivity contribution in [1.29, 1.82) is 0 Å². The number of ether oxygens (including phenoxy) is 1. The molecule has 2 aliphatic rings. The molecular weight excluding hydrogens is 412 g/mol. The number of benzene rings is 1. The normalized spacial score (nSPS) is 17.6. The van der Waals surface area contributed by atoms with Crippen molar-refractivity contribution in [3.63, 3.8) is 0 Å². The number of non-ortho nitro benzene ring substituents is 1. The topological polar surface area (TPSA) is 96.2 Å². The maximum absolute atomic E-state index is 13.3. The van der Waals surface area contributed by atoms with Gasteiger partial charge in [-0.1, -0.05) is 20.3 Å². The number of nitrogens with zero attached hydrogens (tertiary/aromatic N) is 4. The standard InChI is InChI=1S/C23H32N4O5/c1-3-5-16-32-17-6-11-26-22(28)20(18-7-9-19(10-8-18)27(30)31)21(23(26)29)25-14-12-24(4-2)13-15-25/h7-10H,3-6,11-17H2,1-2H3. The number of amides is 2. The van der Waals surface area contributed by atoms with E-state index in [0.29, 0.717) is 56.1 Å². The Morgan fingerprint density at radius 2 is 1.62 bits per heavy atom. The lowest BCUT2D eigenvalue weighted by Gasteiger charge is -2.36. The summed E-state index contributed by atoms with van der Waals surface area (Å²) in [6, 6.07) is 5.85. The summed E-state index contributed by atoms with van der Waals surface area (Å²) in [5.74, 6) is -0.632. The summed E-state index contributed by atoms with van der Waals surface area (Å²) in [6.07, 6.45) is 2.62. The summed E-state index contributed by atoms with van der Waals surface area (Å²) < 4.78 is 5.58. The molecule has 174 valence electrons. The molecule has 0 bridgehead atoms.